The highest BCUT2D eigenvalue weighted by Gasteiger charge is 2.13. The molecule has 0 aliphatic carbocycles. The molecule has 1 atom stereocenters. The van der Waals surface area contributed by atoms with E-state index in [2.05, 4.69) is 26.8 Å². The zero-order chi connectivity index (χ0) is 25.1. The number of hydrogen-bond acceptors (Lipinski definition) is 3. The quantitative estimate of drug-likeness (QED) is 0.114. The average Bonchev–Trinajstić information content (AvgIpc) is 2.88. The summed E-state index contributed by atoms with van der Waals surface area (Å²) in [6.45, 7) is 7.35. The maximum Gasteiger partial charge on any atom is 0.343 e. The average molecular weight is 481 g/mol. The van der Waals surface area contributed by atoms with Gasteiger partial charge in [0.25, 0.3) is 0 Å². The summed E-state index contributed by atoms with van der Waals surface area (Å²) in [7, 11) is 0. The number of hydrogen-bond donors (Lipinski definition) is 0. The van der Waals surface area contributed by atoms with Crippen molar-refractivity contribution in [1.29, 1.82) is 0 Å². The van der Waals surface area contributed by atoms with Crippen LogP contribution in [0, 0.1) is 0 Å². The molecule has 1 unspecified atom stereocenters. The SMILES string of the molecule is CCCCCCCCCOC(C)c1ccc(C(=O)Oc2ccccc2CCCCCCCC)cc1. The van der Waals surface area contributed by atoms with Crippen LogP contribution in [0.1, 0.15) is 132 Å². The van der Waals surface area contributed by atoms with Gasteiger partial charge in [-0.2, -0.15) is 0 Å². The van der Waals surface area contributed by atoms with Gasteiger partial charge in [0, 0.05) is 6.61 Å². The molecule has 35 heavy (non-hydrogen) atoms. The third-order valence-corrected chi connectivity index (χ3v) is 6.71. The summed E-state index contributed by atoms with van der Waals surface area (Å²) in [5, 5.41) is 0. The first-order valence-electron chi connectivity index (χ1n) is 14.2. The molecule has 0 aliphatic heterocycles. The van der Waals surface area contributed by atoms with Crippen molar-refractivity contribution in [2.45, 2.75) is 117 Å². The summed E-state index contributed by atoms with van der Waals surface area (Å²) >= 11 is 0. The molecule has 3 nitrogen and oxygen atoms in total. The Morgan fingerprint density at radius 3 is 1.94 bits per heavy atom. The molecule has 3 heteroatoms. The fraction of sp³-hybridized carbons (Fsp3) is 0.594. The third-order valence-electron chi connectivity index (χ3n) is 6.71. The smallest absolute Gasteiger partial charge is 0.343 e. The minimum absolute atomic E-state index is 0.0261. The summed E-state index contributed by atoms with van der Waals surface area (Å²) in [5.74, 6) is 0.380. The van der Waals surface area contributed by atoms with Crippen LogP contribution in [-0.4, -0.2) is 12.6 Å². The van der Waals surface area contributed by atoms with Crippen molar-refractivity contribution in [1.82, 2.24) is 0 Å². The van der Waals surface area contributed by atoms with Crippen LogP contribution in [0.3, 0.4) is 0 Å². The standard InChI is InChI=1S/C32H48O3/c1-4-6-8-10-12-14-18-26-34-27(3)28-22-24-30(25-23-28)32(33)35-31-21-17-16-20-29(31)19-15-13-11-9-7-5-2/h16-17,20-25,27H,4-15,18-19,26H2,1-3H3. The van der Waals surface area contributed by atoms with Gasteiger partial charge in [0.1, 0.15) is 5.75 Å². The zero-order valence-corrected chi connectivity index (χ0v) is 22.5. The van der Waals surface area contributed by atoms with Gasteiger partial charge in [-0.25, -0.2) is 4.79 Å². The van der Waals surface area contributed by atoms with E-state index in [0.717, 1.165) is 37.0 Å². The molecule has 0 aromatic heterocycles. The lowest BCUT2D eigenvalue weighted by Gasteiger charge is -2.14. The molecule has 0 heterocycles. The van der Waals surface area contributed by atoms with Gasteiger partial charge in [-0.3, -0.25) is 0 Å². The number of para-hydroxylation sites is 1. The first kappa shape index (κ1) is 29.1. The van der Waals surface area contributed by atoms with E-state index >= 15 is 0 Å². The van der Waals surface area contributed by atoms with E-state index in [9.17, 15) is 4.79 Å². The Bertz CT molecular complexity index is 812. The number of rotatable bonds is 19. The van der Waals surface area contributed by atoms with E-state index in [-0.39, 0.29) is 12.1 Å². The predicted molar refractivity (Wildman–Crippen MR) is 147 cm³/mol. The van der Waals surface area contributed by atoms with Gasteiger partial charge in [-0.1, -0.05) is 115 Å². The van der Waals surface area contributed by atoms with Gasteiger partial charge in [0.05, 0.1) is 11.7 Å². The lowest BCUT2D eigenvalue weighted by molar-refractivity contribution is 0.0626. The van der Waals surface area contributed by atoms with Crippen LogP contribution in [0.4, 0.5) is 0 Å². The van der Waals surface area contributed by atoms with Crippen molar-refractivity contribution < 1.29 is 14.3 Å². The minimum Gasteiger partial charge on any atom is -0.423 e. The number of unbranched alkanes of at least 4 members (excludes halogenated alkanes) is 11. The van der Waals surface area contributed by atoms with Crippen molar-refractivity contribution in [3.8, 4) is 5.75 Å². The number of aryl methyl sites for hydroxylation is 1. The number of ether oxygens (including phenoxy) is 2. The summed E-state index contributed by atoms with van der Waals surface area (Å²) in [4.78, 5) is 12.8. The largest absolute Gasteiger partial charge is 0.423 e. The number of benzene rings is 2. The van der Waals surface area contributed by atoms with Gasteiger partial charge < -0.3 is 9.47 Å². The molecule has 0 amide bonds. The summed E-state index contributed by atoms with van der Waals surface area (Å²) < 4.78 is 11.8. The molecule has 0 radical (unpaired) electrons. The third kappa shape index (κ3) is 11.9. The Labute approximate surface area is 214 Å². The van der Waals surface area contributed by atoms with Gasteiger partial charge in [-0.15, -0.1) is 0 Å². The summed E-state index contributed by atoms with van der Waals surface area (Å²) in [5.41, 5.74) is 2.77. The molecular formula is C32H48O3. The highest BCUT2D eigenvalue weighted by Crippen LogP contribution is 2.23. The van der Waals surface area contributed by atoms with Crippen molar-refractivity contribution in [3.63, 3.8) is 0 Å². The molecule has 0 N–H and O–H groups in total. The van der Waals surface area contributed by atoms with E-state index in [1.165, 1.54) is 70.6 Å². The Morgan fingerprint density at radius 2 is 1.29 bits per heavy atom. The first-order chi connectivity index (χ1) is 17.2. The molecule has 0 fully saturated rings. The normalized spacial score (nSPS) is 12.0. The summed E-state index contributed by atoms with van der Waals surface area (Å²) in [6, 6.07) is 15.6. The summed E-state index contributed by atoms with van der Waals surface area (Å²) in [6.07, 6.45) is 17.5. The Hall–Kier alpha value is -2.13. The van der Waals surface area contributed by atoms with Crippen LogP contribution in [-0.2, 0) is 11.2 Å². The second-order valence-corrected chi connectivity index (χ2v) is 9.77. The molecule has 0 bridgehead atoms. The maximum absolute atomic E-state index is 12.8. The van der Waals surface area contributed by atoms with Crippen LogP contribution in [0.15, 0.2) is 48.5 Å². The van der Waals surface area contributed by atoms with Crippen molar-refractivity contribution in [2.75, 3.05) is 6.61 Å². The zero-order valence-electron chi connectivity index (χ0n) is 22.5. The topological polar surface area (TPSA) is 35.5 Å². The Kier molecular flexibility index (Phi) is 15.1. The van der Waals surface area contributed by atoms with Crippen molar-refractivity contribution in [2.24, 2.45) is 0 Å². The number of esters is 1. The van der Waals surface area contributed by atoms with Crippen LogP contribution < -0.4 is 4.74 Å². The highest BCUT2D eigenvalue weighted by atomic mass is 16.5. The van der Waals surface area contributed by atoms with Gasteiger partial charge >= 0.3 is 5.97 Å². The fourth-order valence-corrected chi connectivity index (χ4v) is 4.37. The molecule has 0 aliphatic rings. The lowest BCUT2D eigenvalue weighted by Crippen LogP contribution is -2.10. The van der Waals surface area contributed by atoms with E-state index in [4.69, 9.17) is 9.47 Å². The van der Waals surface area contributed by atoms with Crippen molar-refractivity contribution in [3.05, 3.63) is 65.2 Å². The molecule has 2 aromatic rings. The van der Waals surface area contributed by atoms with Crippen molar-refractivity contribution >= 4 is 5.97 Å². The van der Waals surface area contributed by atoms with E-state index < -0.39 is 0 Å². The van der Waals surface area contributed by atoms with E-state index in [0.29, 0.717) is 11.3 Å². The molecule has 0 saturated carbocycles. The van der Waals surface area contributed by atoms with Gasteiger partial charge in [-0.05, 0) is 55.5 Å². The highest BCUT2D eigenvalue weighted by molar-refractivity contribution is 5.91. The molecular weight excluding hydrogens is 432 g/mol. The second kappa shape index (κ2) is 18.2. The first-order valence-corrected chi connectivity index (χ1v) is 14.2. The monoisotopic (exact) mass is 480 g/mol. The Balaban J connectivity index is 1.76. The number of carbonyl (C=O) groups excluding carboxylic acids is 1. The number of carbonyl (C=O) groups is 1. The van der Waals surface area contributed by atoms with Gasteiger partial charge in [0.2, 0.25) is 0 Å². The molecule has 194 valence electrons. The van der Waals surface area contributed by atoms with Crippen LogP contribution in [0.25, 0.3) is 0 Å². The molecule has 0 saturated heterocycles. The fourth-order valence-electron chi connectivity index (χ4n) is 4.37. The predicted octanol–water partition coefficient (Wildman–Crippen LogP) is 9.64. The maximum atomic E-state index is 12.8. The molecule has 2 rings (SSSR count). The van der Waals surface area contributed by atoms with Gasteiger partial charge in [0.15, 0.2) is 0 Å². The lowest BCUT2D eigenvalue weighted by atomic mass is 10.0. The minimum atomic E-state index is -0.302. The van der Waals surface area contributed by atoms with E-state index in [1.54, 1.807) is 0 Å². The van der Waals surface area contributed by atoms with E-state index in [1.807, 2.05) is 42.5 Å². The van der Waals surface area contributed by atoms with Crippen LogP contribution in [0.2, 0.25) is 0 Å². The van der Waals surface area contributed by atoms with Crippen LogP contribution >= 0.6 is 0 Å². The second-order valence-electron chi connectivity index (χ2n) is 9.77. The Morgan fingerprint density at radius 1 is 0.714 bits per heavy atom. The molecule has 2 aromatic carbocycles. The molecule has 0 spiro atoms. The van der Waals surface area contributed by atoms with Crippen LogP contribution in [0.5, 0.6) is 5.75 Å².